The number of aromatic carboxylic acids is 1. The van der Waals surface area contributed by atoms with E-state index in [1.54, 1.807) is 24.3 Å². The van der Waals surface area contributed by atoms with Crippen molar-refractivity contribution >= 4 is 34.9 Å². The average Bonchev–Trinajstić information content (AvgIpc) is 2.77. The summed E-state index contributed by atoms with van der Waals surface area (Å²) in [6.07, 6.45) is 0. The largest absolute Gasteiger partial charge is 0.475 e. The lowest BCUT2D eigenvalue weighted by atomic mass is 10.3. The van der Waals surface area contributed by atoms with E-state index >= 15 is 0 Å². The van der Waals surface area contributed by atoms with Gasteiger partial charge in [0, 0.05) is 0 Å². The normalized spacial score (nSPS) is 10.3. The van der Waals surface area contributed by atoms with Gasteiger partial charge in [0.25, 0.3) is 0 Å². The number of halogens is 2. The fourth-order valence-corrected chi connectivity index (χ4v) is 1.96. The Hall–Kier alpha value is -1.65. The summed E-state index contributed by atoms with van der Waals surface area (Å²) in [5, 5.41) is 12.7. The molecule has 2 aromatic rings. The van der Waals surface area contributed by atoms with Crippen LogP contribution in [0.1, 0.15) is 16.3 Å². The van der Waals surface area contributed by atoms with Crippen molar-refractivity contribution in [2.75, 3.05) is 5.32 Å². The predicted molar refractivity (Wildman–Crippen MR) is 69.5 cm³/mol. The summed E-state index contributed by atoms with van der Waals surface area (Å²) >= 11 is 12.0. The smallest absolute Gasteiger partial charge is 0.371 e. The van der Waals surface area contributed by atoms with Crippen LogP contribution in [-0.4, -0.2) is 11.1 Å². The van der Waals surface area contributed by atoms with Gasteiger partial charge >= 0.3 is 5.97 Å². The molecule has 0 unspecified atom stereocenters. The lowest BCUT2D eigenvalue weighted by Gasteiger charge is -2.08. The fourth-order valence-electron chi connectivity index (χ4n) is 1.43. The Kier molecular flexibility index (Phi) is 3.79. The highest BCUT2D eigenvalue weighted by Crippen LogP contribution is 2.30. The Morgan fingerprint density at radius 1 is 1.22 bits per heavy atom. The van der Waals surface area contributed by atoms with Crippen LogP contribution in [0.3, 0.4) is 0 Å². The number of carboxylic acid groups (broad SMARTS) is 1. The first kappa shape index (κ1) is 12.8. The number of furan rings is 1. The van der Waals surface area contributed by atoms with Crippen LogP contribution < -0.4 is 5.32 Å². The molecule has 0 amide bonds. The van der Waals surface area contributed by atoms with Crippen LogP contribution in [0.15, 0.2) is 34.7 Å². The maximum Gasteiger partial charge on any atom is 0.371 e. The molecule has 1 heterocycles. The number of rotatable bonds is 4. The highest BCUT2D eigenvalue weighted by molar-refractivity contribution is 6.39. The molecule has 0 radical (unpaired) electrons. The molecular weight excluding hydrogens is 277 g/mol. The summed E-state index contributed by atoms with van der Waals surface area (Å²) in [5.74, 6) is -0.711. The number of anilines is 1. The average molecular weight is 286 g/mol. The van der Waals surface area contributed by atoms with E-state index in [1.165, 1.54) is 6.07 Å². The van der Waals surface area contributed by atoms with Crippen molar-refractivity contribution in [2.45, 2.75) is 6.54 Å². The molecule has 0 saturated carbocycles. The van der Waals surface area contributed by atoms with Crippen molar-refractivity contribution in [3.8, 4) is 0 Å². The summed E-state index contributed by atoms with van der Waals surface area (Å²) in [5.41, 5.74) is 0.592. The lowest BCUT2D eigenvalue weighted by molar-refractivity contribution is 0.0660. The van der Waals surface area contributed by atoms with E-state index < -0.39 is 5.97 Å². The van der Waals surface area contributed by atoms with Crippen molar-refractivity contribution in [1.29, 1.82) is 0 Å². The van der Waals surface area contributed by atoms with Gasteiger partial charge in [-0.3, -0.25) is 0 Å². The molecule has 0 bridgehead atoms. The molecule has 0 saturated heterocycles. The third-order valence-corrected chi connectivity index (χ3v) is 2.90. The van der Waals surface area contributed by atoms with E-state index in [1.807, 2.05) is 0 Å². The summed E-state index contributed by atoms with van der Waals surface area (Å²) < 4.78 is 5.10. The molecule has 1 aromatic carbocycles. The molecule has 1 aromatic heterocycles. The quantitative estimate of drug-likeness (QED) is 0.894. The zero-order valence-electron chi connectivity index (χ0n) is 9.11. The highest BCUT2D eigenvalue weighted by Gasteiger charge is 2.10. The van der Waals surface area contributed by atoms with Crippen LogP contribution in [0.2, 0.25) is 10.0 Å². The molecule has 18 heavy (non-hydrogen) atoms. The van der Waals surface area contributed by atoms with Gasteiger partial charge < -0.3 is 14.8 Å². The van der Waals surface area contributed by atoms with Crippen LogP contribution in [0, 0.1) is 0 Å². The van der Waals surface area contributed by atoms with Gasteiger partial charge in [-0.2, -0.15) is 0 Å². The summed E-state index contributed by atoms with van der Waals surface area (Å²) in [6, 6.07) is 8.14. The monoisotopic (exact) mass is 285 g/mol. The maximum absolute atomic E-state index is 10.6. The Morgan fingerprint density at radius 2 is 1.89 bits per heavy atom. The molecule has 94 valence electrons. The molecule has 2 N–H and O–H groups in total. The second-order valence-electron chi connectivity index (χ2n) is 3.52. The van der Waals surface area contributed by atoms with E-state index in [2.05, 4.69) is 5.32 Å². The van der Waals surface area contributed by atoms with Crippen molar-refractivity contribution in [1.82, 2.24) is 0 Å². The first-order chi connectivity index (χ1) is 8.58. The molecule has 0 fully saturated rings. The zero-order valence-corrected chi connectivity index (χ0v) is 10.6. The third kappa shape index (κ3) is 2.78. The highest BCUT2D eigenvalue weighted by atomic mass is 35.5. The minimum absolute atomic E-state index is 0.0999. The molecule has 0 aliphatic rings. The van der Waals surface area contributed by atoms with Gasteiger partial charge in [0.2, 0.25) is 5.76 Å². The van der Waals surface area contributed by atoms with E-state index in [0.717, 1.165) is 0 Å². The van der Waals surface area contributed by atoms with E-state index in [-0.39, 0.29) is 5.76 Å². The van der Waals surface area contributed by atoms with Crippen molar-refractivity contribution in [3.05, 3.63) is 51.9 Å². The molecule has 4 nitrogen and oxygen atoms in total. The third-order valence-electron chi connectivity index (χ3n) is 2.27. The van der Waals surface area contributed by atoms with Gasteiger partial charge in [-0.05, 0) is 24.3 Å². The molecular formula is C12H9Cl2NO3. The predicted octanol–water partition coefficient (Wildman–Crippen LogP) is 3.90. The number of nitrogens with one attached hydrogen (secondary N) is 1. The van der Waals surface area contributed by atoms with Crippen molar-refractivity contribution < 1.29 is 14.3 Å². The number of para-hydroxylation sites is 1. The van der Waals surface area contributed by atoms with Crippen LogP contribution >= 0.6 is 23.2 Å². The molecule has 2 rings (SSSR count). The summed E-state index contributed by atoms with van der Waals surface area (Å²) in [4.78, 5) is 10.6. The Morgan fingerprint density at radius 3 is 2.44 bits per heavy atom. The van der Waals surface area contributed by atoms with Crippen LogP contribution in [0.25, 0.3) is 0 Å². The molecule has 0 spiro atoms. The molecule has 0 aliphatic carbocycles. The summed E-state index contributed by atoms with van der Waals surface area (Å²) in [6.45, 7) is 0.302. The fraction of sp³-hybridized carbons (Fsp3) is 0.0833. The zero-order chi connectivity index (χ0) is 13.1. The van der Waals surface area contributed by atoms with Crippen molar-refractivity contribution in [3.63, 3.8) is 0 Å². The number of carbonyl (C=O) groups is 1. The SMILES string of the molecule is O=C(O)c1ccc(CNc2c(Cl)cccc2Cl)o1. The van der Waals surface area contributed by atoms with Gasteiger partial charge in [0.05, 0.1) is 22.3 Å². The van der Waals surface area contributed by atoms with Gasteiger partial charge in [-0.25, -0.2) is 4.79 Å². The minimum Gasteiger partial charge on any atom is -0.475 e. The minimum atomic E-state index is -1.10. The van der Waals surface area contributed by atoms with E-state index in [4.69, 9.17) is 32.7 Å². The lowest BCUT2D eigenvalue weighted by Crippen LogP contribution is -1.99. The van der Waals surface area contributed by atoms with Crippen LogP contribution in [0.5, 0.6) is 0 Å². The second-order valence-corrected chi connectivity index (χ2v) is 4.34. The summed E-state index contributed by atoms with van der Waals surface area (Å²) in [7, 11) is 0. The van der Waals surface area contributed by atoms with Crippen LogP contribution in [0.4, 0.5) is 5.69 Å². The van der Waals surface area contributed by atoms with Gasteiger partial charge in [-0.15, -0.1) is 0 Å². The Bertz CT molecular complexity index is 560. The molecule has 6 heteroatoms. The number of benzene rings is 1. The molecule has 0 atom stereocenters. The number of hydrogen-bond acceptors (Lipinski definition) is 3. The van der Waals surface area contributed by atoms with Crippen molar-refractivity contribution in [2.24, 2.45) is 0 Å². The van der Waals surface area contributed by atoms with E-state index in [9.17, 15) is 4.79 Å². The molecule has 0 aliphatic heterocycles. The van der Waals surface area contributed by atoms with Crippen LogP contribution in [-0.2, 0) is 6.54 Å². The van der Waals surface area contributed by atoms with E-state index in [0.29, 0.717) is 28.0 Å². The van der Waals surface area contributed by atoms with Gasteiger partial charge in [0.15, 0.2) is 0 Å². The van der Waals surface area contributed by atoms with Gasteiger partial charge in [0.1, 0.15) is 5.76 Å². The topological polar surface area (TPSA) is 62.5 Å². The van der Waals surface area contributed by atoms with Gasteiger partial charge in [-0.1, -0.05) is 29.3 Å². The second kappa shape index (κ2) is 5.33. The maximum atomic E-state index is 10.6. The first-order valence-electron chi connectivity index (χ1n) is 5.08. The Balaban J connectivity index is 2.09. The standard InChI is InChI=1S/C12H9Cl2NO3/c13-8-2-1-3-9(14)11(8)15-6-7-4-5-10(18-7)12(16)17/h1-5,15H,6H2,(H,16,17). The Labute approximate surface area is 113 Å². The number of carboxylic acids is 1. The first-order valence-corrected chi connectivity index (χ1v) is 5.83. The number of hydrogen-bond donors (Lipinski definition) is 2.